The molecule has 0 spiro atoms. The molecule has 0 radical (unpaired) electrons. The number of piperidine rings is 1. The van der Waals surface area contributed by atoms with Crippen LogP contribution in [0.25, 0.3) is 11.1 Å². The smallest absolute Gasteiger partial charge is 0.222 e. The molecule has 188 valence electrons. The molecule has 1 N–H and O–H groups in total. The molecule has 2 heterocycles. The van der Waals surface area contributed by atoms with E-state index >= 15 is 0 Å². The minimum Gasteiger partial charge on any atom is -0.489 e. The number of rotatable bonds is 5. The Morgan fingerprint density at radius 3 is 2.34 bits per heavy atom. The highest BCUT2D eigenvalue weighted by atomic mass is 32.2. The quantitative estimate of drug-likeness (QED) is 0.620. The fraction of sp³-hybridized carbons (Fsp3) is 0.536. The molecule has 35 heavy (non-hydrogen) atoms. The SMILES string of the molecule is CS(=O)(=O)c1ccc(-c2ccc3c(c2)OCC(C2CCN(C(=O)CC4CCCCC4)CC2)N3)cc1. The van der Waals surface area contributed by atoms with Gasteiger partial charge in [-0.2, -0.15) is 0 Å². The maximum atomic E-state index is 12.8. The van der Waals surface area contributed by atoms with Gasteiger partial charge >= 0.3 is 0 Å². The second-order valence-corrected chi connectivity index (χ2v) is 12.5. The number of hydrogen-bond acceptors (Lipinski definition) is 5. The van der Waals surface area contributed by atoms with Gasteiger partial charge in [0.25, 0.3) is 0 Å². The summed E-state index contributed by atoms with van der Waals surface area (Å²) in [6.45, 7) is 2.32. The number of likely N-dealkylation sites (tertiary alicyclic amines) is 1. The van der Waals surface area contributed by atoms with Gasteiger partial charge in [-0.25, -0.2) is 8.42 Å². The maximum absolute atomic E-state index is 12.8. The van der Waals surface area contributed by atoms with E-state index < -0.39 is 9.84 Å². The summed E-state index contributed by atoms with van der Waals surface area (Å²) in [5, 5.41) is 3.68. The van der Waals surface area contributed by atoms with Gasteiger partial charge in [-0.05, 0) is 72.9 Å². The molecule has 3 aliphatic rings. The van der Waals surface area contributed by atoms with E-state index in [1.165, 1.54) is 38.4 Å². The van der Waals surface area contributed by atoms with Gasteiger partial charge in [0.1, 0.15) is 12.4 Å². The van der Waals surface area contributed by atoms with E-state index in [0.29, 0.717) is 29.2 Å². The largest absolute Gasteiger partial charge is 0.489 e. The number of anilines is 1. The molecule has 1 saturated carbocycles. The Kier molecular flexibility index (Phi) is 7.05. The highest BCUT2D eigenvalue weighted by Crippen LogP contribution is 2.37. The van der Waals surface area contributed by atoms with Crippen molar-refractivity contribution in [2.24, 2.45) is 11.8 Å². The summed E-state index contributed by atoms with van der Waals surface area (Å²) < 4.78 is 29.6. The van der Waals surface area contributed by atoms with Crippen LogP contribution in [0.2, 0.25) is 0 Å². The molecule has 5 rings (SSSR count). The number of nitrogens with one attached hydrogen (secondary N) is 1. The van der Waals surface area contributed by atoms with Crippen LogP contribution in [0.4, 0.5) is 5.69 Å². The standard InChI is InChI=1S/C28H36N2O4S/c1-35(32,33)24-10-7-21(8-11-24)23-9-12-25-27(18-23)34-19-26(29-25)22-13-15-30(16-14-22)28(31)17-20-5-3-2-4-6-20/h7-12,18,20,22,26,29H,2-6,13-17,19H2,1H3. The minimum atomic E-state index is -3.20. The molecule has 1 aliphatic carbocycles. The molecule has 1 atom stereocenters. The molecule has 1 amide bonds. The van der Waals surface area contributed by atoms with Gasteiger partial charge in [0.15, 0.2) is 9.84 Å². The van der Waals surface area contributed by atoms with Crippen molar-refractivity contribution in [3.63, 3.8) is 0 Å². The third-order valence-corrected chi connectivity index (χ3v) is 9.13. The average molecular weight is 497 g/mol. The summed E-state index contributed by atoms with van der Waals surface area (Å²) in [5.41, 5.74) is 2.94. The second kappa shape index (κ2) is 10.2. The highest BCUT2D eigenvalue weighted by Gasteiger charge is 2.32. The topological polar surface area (TPSA) is 75.7 Å². The van der Waals surface area contributed by atoms with E-state index in [9.17, 15) is 13.2 Å². The first-order chi connectivity index (χ1) is 16.9. The lowest BCUT2D eigenvalue weighted by molar-refractivity contribution is -0.134. The summed E-state index contributed by atoms with van der Waals surface area (Å²) in [6, 6.07) is 13.3. The summed E-state index contributed by atoms with van der Waals surface area (Å²) in [7, 11) is -3.20. The van der Waals surface area contributed by atoms with E-state index in [4.69, 9.17) is 4.74 Å². The van der Waals surface area contributed by atoms with Crippen LogP contribution in [-0.4, -0.2) is 51.2 Å². The zero-order chi connectivity index (χ0) is 24.4. The summed E-state index contributed by atoms with van der Waals surface area (Å²) in [6.07, 6.45) is 10.3. The lowest BCUT2D eigenvalue weighted by atomic mass is 9.85. The Bertz CT molecular complexity index is 1150. The molecule has 2 aromatic carbocycles. The van der Waals surface area contributed by atoms with Gasteiger partial charge < -0.3 is 15.0 Å². The van der Waals surface area contributed by atoms with Gasteiger partial charge in [-0.3, -0.25) is 4.79 Å². The fourth-order valence-corrected chi connectivity index (χ4v) is 6.46. The molecule has 2 aliphatic heterocycles. The summed E-state index contributed by atoms with van der Waals surface area (Å²) in [5.74, 6) is 2.27. The van der Waals surface area contributed by atoms with Crippen LogP contribution in [0.5, 0.6) is 5.75 Å². The lowest BCUT2D eigenvalue weighted by Crippen LogP contribution is -2.46. The highest BCUT2D eigenvalue weighted by molar-refractivity contribution is 7.90. The number of amides is 1. The number of ether oxygens (including phenoxy) is 1. The normalized spacial score (nSPS) is 21.6. The summed E-state index contributed by atoms with van der Waals surface area (Å²) >= 11 is 0. The van der Waals surface area contributed by atoms with Gasteiger partial charge in [0.05, 0.1) is 16.6 Å². The van der Waals surface area contributed by atoms with Crippen LogP contribution in [0.1, 0.15) is 51.4 Å². The molecule has 6 nitrogen and oxygen atoms in total. The number of hydrogen-bond donors (Lipinski definition) is 1. The van der Waals surface area contributed by atoms with Gasteiger partial charge in [0, 0.05) is 25.8 Å². The third-order valence-electron chi connectivity index (χ3n) is 8.01. The number of nitrogens with zero attached hydrogens (tertiary/aromatic N) is 1. The van der Waals surface area contributed by atoms with Crippen molar-refractivity contribution < 1.29 is 17.9 Å². The predicted octanol–water partition coefficient (Wildman–Crippen LogP) is 5.14. The molecule has 7 heteroatoms. The zero-order valence-corrected chi connectivity index (χ0v) is 21.4. The first-order valence-electron chi connectivity index (χ1n) is 13.0. The number of carbonyl (C=O) groups is 1. The van der Waals surface area contributed by atoms with Crippen LogP contribution in [0.3, 0.4) is 0 Å². The molecule has 0 aromatic heterocycles. The van der Waals surface area contributed by atoms with Crippen LogP contribution in [-0.2, 0) is 14.6 Å². The predicted molar refractivity (Wildman–Crippen MR) is 138 cm³/mol. The van der Waals surface area contributed by atoms with Crippen molar-refractivity contribution in [1.29, 1.82) is 0 Å². The molecule has 2 fully saturated rings. The number of carbonyl (C=O) groups excluding carboxylic acids is 1. The van der Waals surface area contributed by atoms with E-state index in [0.717, 1.165) is 54.9 Å². The molecular weight excluding hydrogens is 460 g/mol. The van der Waals surface area contributed by atoms with Crippen molar-refractivity contribution in [1.82, 2.24) is 4.90 Å². The van der Waals surface area contributed by atoms with Crippen molar-refractivity contribution in [3.05, 3.63) is 42.5 Å². The van der Waals surface area contributed by atoms with E-state index in [1.807, 2.05) is 30.3 Å². The molecule has 1 saturated heterocycles. The Morgan fingerprint density at radius 1 is 0.971 bits per heavy atom. The third kappa shape index (κ3) is 5.66. The van der Waals surface area contributed by atoms with E-state index in [1.54, 1.807) is 12.1 Å². The Balaban J connectivity index is 1.16. The van der Waals surface area contributed by atoms with Crippen molar-refractivity contribution >= 4 is 21.4 Å². The maximum Gasteiger partial charge on any atom is 0.222 e. The van der Waals surface area contributed by atoms with Crippen molar-refractivity contribution in [2.45, 2.75) is 62.3 Å². The monoisotopic (exact) mass is 496 g/mol. The first kappa shape index (κ1) is 24.2. The van der Waals surface area contributed by atoms with Crippen LogP contribution < -0.4 is 10.1 Å². The van der Waals surface area contributed by atoms with E-state index in [-0.39, 0.29) is 6.04 Å². The van der Waals surface area contributed by atoms with Crippen LogP contribution >= 0.6 is 0 Å². The molecule has 1 unspecified atom stereocenters. The van der Waals surface area contributed by atoms with Crippen LogP contribution in [0.15, 0.2) is 47.4 Å². The van der Waals surface area contributed by atoms with E-state index in [2.05, 4.69) is 10.2 Å². The molecule has 2 aromatic rings. The lowest BCUT2D eigenvalue weighted by Gasteiger charge is -2.39. The summed E-state index contributed by atoms with van der Waals surface area (Å²) in [4.78, 5) is 15.2. The zero-order valence-electron chi connectivity index (χ0n) is 20.5. The Morgan fingerprint density at radius 2 is 1.66 bits per heavy atom. The van der Waals surface area contributed by atoms with Crippen molar-refractivity contribution in [2.75, 3.05) is 31.3 Å². The second-order valence-electron chi connectivity index (χ2n) is 10.5. The Labute approximate surface area is 209 Å². The number of benzene rings is 2. The van der Waals surface area contributed by atoms with Crippen LogP contribution in [0, 0.1) is 11.8 Å². The van der Waals surface area contributed by atoms with Crippen molar-refractivity contribution in [3.8, 4) is 16.9 Å². The average Bonchev–Trinajstić information content (AvgIpc) is 2.88. The Hall–Kier alpha value is -2.54. The fourth-order valence-electron chi connectivity index (χ4n) is 5.83. The molecular formula is C28H36N2O4S. The number of fused-ring (bicyclic) bond motifs is 1. The van der Waals surface area contributed by atoms with Gasteiger partial charge in [0.2, 0.25) is 5.91 Å². The number of sulfone groups is 1. The first-order valence-corrected chi connectivity index (χ1v) is 14.9. The minimum absolute atomic E-state index is 0.248. The van der Waals surface area contributed by atoms with Gasteiger partial charge in [-0.15, -0.1) is 0 Å². The molecule has 0 bridgehead atoms. The van der Waals surface area contributed by atoms with Gasteiger partial charge in [-0.1, -0.05) is 37.5 Å².